The van der Waals surface area contributed by atoms with Gasteiger partial charge in [-0.05, 0) is 30.5 Å². The number of rotatable bonds is 4. The molecule has 0 aliphatic carbocycles. The lowest BCUT2D eigenvalue weighted by molar-refractivity contribution is 0.531. The Balaban J connectivity index is 2.67. The van der Waals surface area contributed by atoms with Gasteiger partial charge in [0.25, 0.3) is 0 Å². The van der Waals surface area contributed by atoms with Crippen LogP contribution in [-0.2, 0) is 0 Å². The molecule has 78 valence electrons. The third-order valence-electron chi connectivity index (χ3n) is 2.43. The van der Waals surface area contributed by atoms with E-state index in [2.05, 4.69) is 50.4 Å². The molecule has 0 amide bonds. The maximum Gasteiger partial charge on any atom is 0.0406 e. The Kier molecular flexibility index (Phi) is 3.96. The van der Waals surface area contributed by atoms with Gasteiger partial charge < -0.3 is 11.1 Å². The summed E-state index contributed by atoms with van der Waals surface area (Å²) in [6, 6.07) is 8.74. The quantitative estimate of drug-likeness (QED) is 0.768. The maximum atomic E-state index is 5.70. The molecule has 1 aromatic rings. The molecule has 2 nitrogen and oxygen atoms in total. The fourth-order valence-electron chi connectivity index (χ4n) is 1.45. The molecule has 14 heavy (non-hydrogen) atoms. The second kappa shape index (κ2) is 5.01. The van der Waals surface area contributed by atoms with E-state index in [0.717, 1.165) is 5.69 Å². The highest BCUT2D eigenvalue weighted by atomic mass is 14.9. The fourth-order valence-corrected chi connectivity index (χ4v) is 1.45. The number of benzene rings is 1. The Hall–Kier alpha value is -1.02. The van der Waals surface area contributed by atoms with Crippen molar-refractivity contribution in [2.24, 2.45) is 11.7 Å². The molecule has 0 radical (unpaired) electrons. The molecule has 2 heteroatoms. The SMILES string of the molecule is Cc1cccc(NC(CN)C(C)C)c1. The summed E-state index contributed by atoms with van der Waals surface area (Å²) >= 11 is 0. The Bertz CT molecular complexity index is 281. The average molecular weight is 192 g/mol. The molecule has 0 heterocycles. The van der Waals surface area contributed by atoms with Crippen LogP contribution in [0.1, 0.15) is 19.4 Å². The summed E-state index contributed by atoms with van der Waals surface area (Å²) in [5.74, 6) is 0.556. The van der Waals surface area contributed by atoms with E-state index >= 15 is 0 Å². The lowest BCUT2D eigenvalue weighted by atomic mass is 10.0. The van der Waals surface area contributed by atoms with Crippen LogP contribution in [0.15, 0.2) is 24.3 Å². The zero-order valence-corrected chi connectivity index (χ0v) is 9.25. The van der Waals surface area contributed by atoms with Gasteiger partial charge in [-0.3, -0.25) is 0 Å². The predicted octanol–water partition coefficient (Wildman–Crippen LogP) is 2.39. The molecule has 0 aliphatic heterocycles. The van der Waals surface area contributed by atoms with Crippen molar-refractivity contribution < 1.29 is 0 Å². The molecule has 3 N–H and O–H groups in total. The largest absolute Gasteiger partial charge is 0.381 e. The molecular weight excluding hydrogens is 172 g/mol. The molecule has 1 rings (SSSR count). The van der Waals surface area contributed by atoms with Crippen molar-refractivity contribution >= 4 is 5.69 Å². The van der Waals surface area contributed by atoms with Gasteiger partial charge in [-0.15, -0.1) is 0 Å². The van der Waals surface area contributed by atoms with Gasteiger partial charge in [0.15, 0.2) is 0 Å². The van der Waals surface area contributed by atoms with Gasteiger partial charge in [0.1, 0.15) is 0 Å². The Morgan fingerprint density at radius 1 is 1.36 bits per heavy atom. The van der Waals surface area contributed by atoms with Gasteiger partial charge in [-0.1, -0.05) is 26.0 Å². The fraction of sp³-hybridized carbons (Fsp3) is 0.500. The van der Waals surface area contributed by atoms with Crippen LogP contribution in [0.25, 0.3) is 0 Å². The van der Waals surface area contributed by atoms with Crippen molar-refractivity contribution in [1.29, 1.82) is 0 Å². The highest BCUT2D eigenvalue weighted by Crippen LogP contribution is 2.13. The van der Waals surface area contributed by atoms with Crippen molar-refractivity contribution in [1.82, 2.24) is 0 Å². The predicted molar refractivity (Wildman–Crippen MR) is 62.5 cm³/mol. The summed E-state index contributed by atoms with van der Waals surface area (Å²) in [5, 5.41) is 3.44. The standard InChI is InChI=1S/C12H20N2/c1-9(2)12(8-13)14-11-6-4-5-10(3)7-11/h4-7,9,12,14H,8,13H2,1-3H3. The minimum Gasteiger partial charge on any atom is -0.381 e. The van der Waals surface area contributed by atoms with E-state index in [1.165, 1.54) is 5.56 Å². The zero-order chi connectivity index (χ0) is 10.6. The van der Waals surface area contributed by atoms with Gasteiger partial charge in [-0.25, -0.2) is 0 Å². The number of aryl methyl sites for hydroxylation is 1. The molecule has 1 unspecified atom stereocenters. The van der Waals surface area contributed by atoms with Crippen molar-refractivity contribution in [2.45, 2.75) is 26.8 Å². The third-order valence-corrected chi connectivity index (χ3v) is 2.43. The summed E-state index contributed by atoms with van der Waals surface area (Å²) in [5.41, 5.74) is 8.13. The van der Waals surface area contributed by atoms with Crippen LogP contribution in [-0.4, -0.2) is 12.6 Å². The first kappa shape index (κ1) is 11.1. The first-order valence-corrected chi connectivity index (χ1v) is 5.16. The smallest absolute Gasteiger partial charge is 0.0406 e. The minimum absolute atomic E-state index is 0.358. The van der Waals surface area contributed by atoms with Crippen molar-refractivity contribution in [3.05, 3.63) is 29.8 Å². The first-order chi connectivity index (χ1) is 6.63. The monoisotopic (exact) mass is 192 g/mol. The average Bonchev–Trinajstić information content (AvgIpc) is 2.14. The summed E-state index contributed by atoms with van der Waals surface area (Å²) in [7, 11) is 0. The number of hydrogen-bond donors (Lipinski definition) is 2. The van der Waals surface area contributed by atoms with E-state index in [1.54, 1.807) is 0 Å². The lowest BCUT2D eigenvalue weighted by Crippen LogP contribution is -2.33. The Morgan fingerprint density at radius 2 is 2.07 bits per heavy atom. The van der Waals surface area contributed by atoms with Gasteiger partial charge in [0.2, 0.25) is 0 Å². The number of anilines is 1. The Labute approximate surface area is 86.5 Å². The Morgan fingerprint density at radius 3 is 2.57 bits per heavy atom. The maximum absolute atomic E-state index is 5.70. The molecule has 0 bridgehead atoms. The van der Waals surface area contributed by atoms with Crippen LogP contribution < -0.4 is 11.1 Å². The highest BCUT2D eigenvalue weighted by Gasteiger charge is 2.10. The van der Waals surface area contributed by atoms with Crippen molar-refractivity contribution in [2.75, 3.05) is 11.9 Å². The number of nitrogens with one attached hydrogen (secondary N) is 1. The molecule has 0 saturated carbocycles. The van der Waals surface area contributed by atoms with Gasteiger partial charge in [0.05, 0.1) is 0 Å². The molecule has 0 aromatic heterocycles. The molecule has 0 spiro atoms. The van der Waals surface area contributed by atoms with Crippen molar-refractivity contribution in [3.8, 4) is 0 Å². The topological polar surface area (TPSA) is 38.0 Å². The lowest BCUT2D eigenvalue weighted by Gasteiger charge is -2.21. The third kappa shape index (κ3) is 3.04. The van der Waals surface area contributed by atoms with Crippen molar-refractivity contribution in [3.63, 3.8) is 0 Å². The molecular formula is C12H20N2. The van der Waals surface area contributed by atoms with E-state index < -0.39 is 0 Å². The van der Waals surface area contributed by atoms with E-state index in [-0.39, 0.29) is 0 Å². The zero-order valence-electron chi connectivity index (χ0n) is 9.25. The number of nitrogens with two attached hydrogens (primary N) is 1. The second-order valence-electron chi connectivity index (χ2n) is 4.10. The summed E-state index contributed by atoms with van der Waals surface area (Å²) < 4.78 is 0. The minimum atomic E-state index is 0.358. The van der Waals surface area contributed by atoms with Gasteiger partial charge in [-0.2, -0.15) is 0 Å². The highest BCUT2D eigenvalue weighted by molar-refractivity contribution is 5.46. The summed E-state index contributed by atoms with van der Waals surface area (Å²) in [4.78, 5) is 0. The van der Waals surface area contributed by atoms with Crippen LogP contribution in [0.4, 0.5) is 5.69 Å². The second-order valence-corrected chi connectivity index (χ2v) is 4.10. The number of hydrogen-bond acceptors (Lipinski definition) is 2. The van der Waals surface area contributed by atoms with Crippen LogP contribution >= 0.6 is 0 Å². The van der Waals surface area contributed by atoms with E-state index in [4.69, 9.17) is 5.73 Å². The van der Waals surface area contributed by atoms with Gasteiger partial charge in [0, 0.05) is 18.3 Å². The van der Waals surface area contributed by atoms with E-state index in [1.807, 2.05) is 0 Å². The first-order valence-electron chi connectivity index (χ1n) is 5.16. The normalized spacial score (nSPS) is 12.9. The van der Waals surface area contributed by atoms with Crippen LogP contribution in [0, 0.1) is 12.8 Å². The van der Waals surface area contributed by atoms with E-state index in [9.17, 15) is 0 Å². The molecule has 0 fully saturated rings. The van der Waals surface area contributed by atoms with Gasteiger partial charge >= 0.3 is 0 Å². The molecule has 1 aromatic carbocycles. The molecule has 0 saturated heterocycles. The summed E-state index contributed by atoms with van der Waals surface area (Å²) in [6.07, 6.45) is 0. The van der Waals surface area contributed by atoms with E-state index in [0.29, 0.717) is 18.5 Å². The van der Waals surface area contributed by atoms with Crippen LogP contribution in [0.3, 0.4) is 0 Å². The van der Waals surface area contributed by atoms with Crippen LogP contribution in [0.2, 0.25) is 0 Å². The molecule has 0 aliphatic rings. The van der Waals surface area contributed by atoms with Crippen LogP contribution in [0.5, 0.6) is 0 Å². The molecule has 1 atom stereocenters. The summed E-state index contributed by atoms with van der Waals surface area (Å²) in [6.45, 7) is 7.13.